The van der Waals surface area contributed by atoms with E-state index >= 15 is 0 Å². The highest BCUT2D eigenvalue weighted by atomic mass is 79.9. The summed E-state index contributed by atoms with van der Waals surface area (Å²) in [6.07, 6.45) is 0.594. The number of anilines is 1. The number of carbonyl (C=O) groups excluding carboxylic acids is 1. The first-order valence-corrected chi connectivity index (χ1v) is 9.85. The van der Waals surface area contributed by atoms with E-state index in [1.165, 1.54) is 12.1 Å². The van der Waals surface area contributed by atoms with Crippen LogP contribution in [0.25, 0.3) is 0 Å². The van der Waals surface area contributed by atoms with Crippen LogP contribution in [-0.2, 0) is 14.8 Å². The van der Waals surface area contributed by atoms with Gasteiger partial charge in [-0.3, -0.25) is 4.79 Å². The molecule has 2 aromatic carbocycles. The number of hydrogen-bond donors (Lipinski definition) is 2. The van der Waals surface area contributed by atoms with Crippen LogP contribution in [0.4, 0.5) is 5.69 Å². The summed E-state index contributed by atoms with van der Waals surface area (Å²) >= 11 is 3.31. The maximum Gasteiger partial charge on any atom is 0.255 e. The van der Waals surface area contributed by atoms with Crippen molar-refractivity contribution in [3.8, 4) is 0 Å². The van der Waals surface area contributed by atoms with Crippen molar-refractivity contribution in [3.05, 3.63) is 58.6 Å². The quantitative estimate of drug-likeness (QED) is 0.635. The number of halogens is 1. The van der Waals surface area contributed by atoms with Crippen LogP contribution >= 0.6 is 15.9 Å². The van der Waals surface area contributed by atoms with Crippen LogP contribution in [0.2, 0.25) is 0 Å². The van der Waals surface area contributed by atoms with Gasteiger partial charge in [0.25, 0.3) is 5.91 Å². The van der Waals surface area contributed by atoms with Gasteiger partial charge in [-0.25, -0.2) is 13.1 Å². The van der Waals surface area contributed by atoms with Crippen molar-refractivity contribution in [2.45, 2.75) is 11.3 Å². The van der Waals surface area contributed by atoms with Crippen LogP contribution < -0.4 is 10.0 Å². The Kier molecular flexibility index (Phi) is 7.12. The van der Waals surface area contributed by atoms with Gasteiger partial charge in [0.2, 0.25) is 10.0 Å². The Morgan fingerprint density at radius 2 is 1.72 bits per heavy atom. The first kappa shape index (κ1) is 19.6. The van der Waals surface area contributed by atoms with Crippen molar-refractivity contribution < 1.29 is 17.9 Å². The van der Waals surface area contributed by atoms with Gasteiger partial charge in [-0.1, -0.05) is 15.9 Å². The van der Waals surface area contributed by atoms with E-state index in [0.29, 0.717) is 30.8 Å². The van der Waals surface area contributed by atoms with Gasteiger partial charge in [0.05, 0.1) is 4.90 Å². The number of hydrogen-bond acceptors (Lipinski definition) is 4. The van der Waals surface area contributed by atoms with Crippen LogP contribution in [0, 0.1) is 0 Å². The van der Waals surface area contributed by atoms with E-state index in [-0.39, 0.29) is 10.8 Å². The fourth-order valence-electron chi connectivity index (χ4n) is 2.03. The SMILES string of the molecule is COCCCNS(=O)(=O)c1ccc(NC(=O)c2ccc(Br)cc2)cc1. The molecule has 0 bridgehead atoms. The molecule has 8 heteroatoms. The van der Waals surface area contributed by atoms with Crippen LogP contribution in [-0.4, -0.2) is 34.6 Å². The monoisotopic (exact) mass is 426 g/mol. The number of ether oxygens (including phenoxy) is 1. The number of nitrogens with one attached hydrogen (secondary N) is 2. The third kappa shape index (κ3) is 5.93. The predicted molar refractivity (Wildman–Crippen MR) is 100 cm³/mol. The molecule has 0 fully saturated rings. The molecule has 0 aliphatic carbocycles. The Balaban J connectivity index is 1.99. The van der Waals surface area contributed by atoms with Gasteiger partial charge >= 0.3 is 0 Å². The third-order valence-electron chi connectivity index (χ3n) is 3.35. The maximum absolute atomic E-state index is 12.1. The van der Waals surface area contributed by atoms with Crippen LogP contribution in [0.5, 0.6) is 0 Å². The standard InChI is InChI=1S/C17H19BrN2O4S/c1-24-12-2-11-19-25(22,23)16-9-7-15(8-10-16)20-17(21)13-3-5-14(18)6-4-13/h3-10,19H,2,11-12H2,1H3,(H,20,21). The van der Waals surface area contributed by atoms with Crippen molar-refractivity contribution in [3.63, 3.8) is 0 Å². The fraction of sp³-hybridized carbons (Fsp3) is 0.235. The molecular weight excluding hydrogens is 408 g/mol. The van der Waals surface area contributed by atoms with E-state index in [0.717, 1.165) is 4.47 Å². The van der Waals surface area contributed by atoms with Crippen molar-refractivity contribution >= 4 is 37.5 Å². The second kappa shape index (κ2) is 9.10. The first-order valence-electron chi connectivity index (χ1n) is 7.58. The molecule has 0 aliphatic heterocycles. The van der Waals surface area contributed by atoms with E-state index in [1.54, 1.807) is 43.5 Å². The molecule has 25 heavy (non-hydrogen) atoms. The lowest BCUT2D eigenvalue weighted by atomic mass is 10.2. The largest absolute Gasteiger partial charge is 0.385 e. The average Bonchev–Trinajstić information content (AvgIpc) is 2.60. The van der Waals surface area contributed by atoms with Crippen LogP contribution in [0.15, 0.2) is 57.9 Å². The molecule has 0 radical (unpaired) electrons. The van der Waals surface area contributed by atoms with E-state index in [9.17, 15) is 13.2 Å². The molecule has 0 atom stereocenters. The second-order valence-corrected chi connectivity index (χ2v) is 7.91. The smallest absolute Gasteiger partial charge is 0.255 e. The molecule has 134 valence electrons. The third-order valence-corrected chi connectivity index (χ3v) is 5.35. The molecule has 2 N–H and O–H groups in total. The molecule has 0 unspecified atom stereocenters. The molecule has 6 nitrogen and oxygen atoms in total. The predicted octanol–water partition coefficient (Wildman–Crippen LogP) is 3.02. The summed E-state index contributed by atoms with van der Waals surface area (Å²) < 4.78 is 32.5. The lowest BCUT2D eigenvalue weighted by molar-refractivity contribution is 0.102. The van der Waals surface area contributed by atoms with Gasteiger partial charge in [-0.2, -0.15) is 0 Å². The molecule has 0 aliphatic rings. The molecule has 1 amide bonds. The lowest BCUT2D eigenvalue weighted by Gasteiger charge is -2.09. The summed E-state index contributed by atoms with van der Waals surface area (Å²) in [5, 5.41) is 2.73. The normalized spacial score (nSPS) is 11.3. The zero-order chi connectivity index (χ0) is 18.3. The molecule has 0 aromatic heterocycles. The summed E-state index contributed by atoms with van der Waals surface area (Å²) in [6, 6.07) is 13.0. The van der Waals surface area contributed by atoms with Gasteiger partial charge in [0.15, 0.2) is 0 Å². The molecule has 0 spiro atoms. The van der Waals surface area contributed by atoms with Crippen molar-refractivity contribution in [2.75, 3.05) is 25.6 Å². The summed E-state index contributed by atoms with van der Waals surface area (Å²) in [6.45, 7) is 0.793. The maximum atomic E-state index is 12.1. The van der Waals surface area contributed by atoms with E-state index in [4.69, 9.17) is 4.74 Å². The average molecular weight is 427 g/mol. The highest BCUT2D eigenvalue weighted by Gasteiger charge is 2.13. The van der Waals surface area contributed by atoms with E-state index in [2.05, 4.69) is 26.0 Å². The van der Waals surface area contributed by atoms with Gasteiger partial charge in [-0.05, 0) is 55.0 Å². The number of sulfonamides is 1. The van der Waals surface area contributed by atoms with Gasteiger partial charge < -0.3 is 10.1 Å². The Morgan fingerprint density at radius 3 is 2.32 bits per heavy atom. The lowest BCUT2D eigenvalue weighted by Crippen LogP contribution is -2.25. The first-order chi connectivity index (χ1) is 11.9. The Hall–Kier alpha value is -1.74. The van der Waals surface area contributed by atoms with Gasteiger partial charge in [-0.15, -0.1) is 0 Å². The second-order valence-electron chi connectivity index (χ2n) is 5.23. The number of rotatable bonds is 8. The minimum Gasteiger partial charge on any atom is -0.385 e. The number of benzene rings is 2. The molecule has 0 saturated heterocycles. The van der Waals surface area contributed by atoms with E-state index in [1.807, 2.05) is 0 Å². The summed E-state index contributed by atoms with van der Waals surface area (Å²) in [4.78, 5) is 12.3. The Labute approximate surface area is 155 Å². The number of methoxy groups -OCH3 is 1. The zero-order valence-electron chi connectivity index (χ0n) is 13.7. The Morgan fingerprint density at radius 1 is 1.08 bits per heavy atom. The molecular formula is C17H19BrN2O4S. The Bertz CT molecular complexity index is 806. The summed E-state index contributed by atoms with van der Waals surface area (Å²) in [5.74, 6) is -0.263. The van der Waals surface area contributed by atoms with Crippen molar-refractivity contribution in [1.29, 1.82) is 0 Å². The summed E-state index contributed by atoms with van der Waals surface area (Å²) in [7, 11) is -2.00. The zero-order valence-corrected chi connectivity index (χ0v) is 16.1. The van der Waals surface area contributed by atoms with Crippen LogP contribution in [0.1, 0.15) is 16.8 Å². The van der Waals surface area contributed by atoms with Crippen molar-refractivity contribution in [2.24, 2.45) is 0 Å². The van der Waals surface area contributed by atoms with Gasteiger partial charge in [0, 0.05) is 36.0 Å². The highest BCUT2D eigenvalue weighted by molar-refractivity contribution is 9.10. The minimum absolute atomic E-state index is 0.145. The summed E-state index contributed by atoms with van der Waals surface area (Å²) in [5.41, 5.74) is 1.03. The topological polar surface area (TPSA) is 84.5 Å². The van der Waals surface area contributed by atoms with Crippen LogP contribution in [0.3, 0.4) is 0 Å². The number of carbonyl (C=O) groups is 1. The minimum atomic E-state index is -3.57. The highest BCUT2D eigenvalue weighted by Crippen LogP contribution is 2.16. The molecule has 0 saturated carbocycles. The number of amides is 1. The van der Waals surface area contributed by atoms with Gasteiger partial charge in [0.1, 0.15) is 0 Å². The fourth-order valence-corrected chi connectivity index (χ4v) is 3.37. The molecule has 2 rings (SSSR count). The van der Waals surface area contributed by atoms with Crippen molar-refractivity contribution in [1.82, 2.24) is 4.72 Å². The molecule has 0 heterocycles. The molecule has 2 aromatic rings. The van der Waals surface area contributed by atoms with E-state index < -0.39 is 10.0 Å².